The SMILES string of the molecule is Cc1ccc(S(=O)(=O)N(CCOC(=O)c2ccccc2)C(=O)c2ccccc2)cc1. The van der Waals surface area contributed by atoms with E-state index >= 15 is 0 Å². The third kappa shape index (κ3) is 4.93. The zero-order valence-corrected chi connectivity index (χ0v) is 17.2. The molecule has 0 saturated heterocycles. The van der Waals surface area contributed by atoms with Crippen molar-refractivity contribution >= 4 is 21.9 Å². The Hall–Kier alpha value is -3.45. The average Bonchev–Trinajstić information content (AvgIpc) is 2.77. The first-order valence-corrected chi connectivity index (χ1v) is 10.7. The number of sulfonamides is 1. The van der Waals surface area contributed by atoms with Gasteiger partial charge in [0.1, 0.15) is 6.61 Å². The van der Waals surface area contributed by atoms with Crippen LogP contribution < -0.4 is 0 Å². The summed E-state index contributed by atoms with van der Waals surface area (Å²) in [5.74, 6) is -1.28. The van der Waals surface area contributed by atoms with E-state index in [2.05, 4.69) is 0 Å². The molecule has 0 aromatic heterocycles. The van der Waals surface area contributed by atoms with Crippen LogP contribution in [0.3, 0.4) is 0 Å². The Morgan fingerprint density at radius 1 is 0.800 bits per heavy atom. The number of carbonyl (C=O) groups excluding carboxylic acids is 2. The molecule has 154 valence electrons. The van der Waals surface area contributed by atoms with Crippen LogP contribution in [-0.2, 0) is 14.8 Å². The number of hydrogen-bond donors (Lipinski definition) is 0. The maximum Gasteiger partial charge on any atom is 0.338 e. The van der Waals surface area contributed by atoms with Gasteiger partial charge in [-0.3, -0.25) is 4.79 Å². The number of amides is 1. The molecule has 0 fully saturated rings. The second kappa shape index (κ2) is 9.37. The Labute approximate surface area is 175 Å². The molecular weight excluding hydrogens is 402 g/mol. The Balaban J connectivity index is 1.83. The van der Waals surface area contributed by atoms with Crippen LogP contribution in [0, 0.1) is 6.92 Å². The smallest absolute Gasteiger partial charge is 0.338 e. The summed E-state index contributed by atoms with van der Waals surface area (Å²) in [4.78, 5) is 25.1. The van der Waals surface area contributed by atoms with Crippen LogP contribution in [0.2, 0.25) is 0 Å². The standard InChI is InChI=1S/C23H21NO5S/c1-18-12-14-21(15-13-18)30(27,28)24(22(25)19-8-4-2-5-9-19)16-17-29-23(26)20-10-6-3-7-11-20/h2-15H,16-17H2,1H3. The Morgan fingerprint density at radius 3 is 1.90 bits per heavy atom. The predicted octanol–water partition coefficient (Wildman–Crippen LogP) is 3.68. The lowest BCUT2D eigenvalue weighted by Crippen LogP contribution is -2.39. The number of carbonyl (C=O) groups is 2. The van der Waals surface area contributed by atoms with Crippen molar-refractivity contribution < 1.29 is 22.7 Å². The normalized spacial score (nSPS) is 11.0. The van der Waals surface area contributed by atoms with Gasteiger partial charge in [0.05, 0.1) is 17.0 Å². The minimum atomic E-state index is -4.14. The Kier molecular flexibility index (Phi) is 6.64. The largest absolute Gasteiger partial charge is 0.460 e. The molecule has 6 nitrogen and oxygen atoms in total. The maximum atomic E-state index is 13.2. The van der Waals surface area contributed by atoms with Gasteiger partial charge in [0.25, 0.3) is 15.9 Å². The minimum absolute atomic E-state index is 0.00762. The van der Waals surface area contributed by atoms with Crippen LogP contribution in [0.25, 0.3) is 0 Å². The summed E-state index contributed by atoms with van der Waals surface area (Å²) >= 11 is 0. The van der Waals surface area contributed by atoms with E-state index < -0.39 is 21.9 Å². The van der Waals surface area contributed by atoms with Crippen molar-refractivity contribution in [2.24, 2.45) is 0 Å². The molecule has 3 aromatic carbocycles. The molecule has 0 bridgehead atoms. The fraction of sp³-hybridized carbons (Fsp3) is 0.130. The first kappa shape index (κ1) is 21.3. The van der Waals surface area contributed by atoms with Crippen molar-refractivity contribution in [1.82, 2.24) is 4.31 Å². The monoisotopic (exact) mass is 423 g/mol. The molecule has 0 aliphatic carbocycles. The maximum absolute atomic E-state index is 13.2. The summed E-state index contributed by atoms with van der Waals surface area (Å²) in [6.07, 6.45) is 0. The molecule has 0 atom stereocenters. The quantitative estimate of drug-likeness (QED) is 0.542. The number of esters is 1. The number of nitrogens with zero attached hydrogens (tertiary/aromatic N) is 1. The predicted molar refractivity (Wildman–Crippen MR) is 113 cm³/mol. The second-order valence-corrected chi connectivity index (χ2v) is 8.43. The number of benzene rings is 3. The van der Waals surface area contributed by atoms with Gasteiger partial charge in [-0.2, -0.15) is 0 Å². The minimum Gasteiger partial charge on any atom is -0.460 e. The van der Waals surface area contributed by atoms with E-state index in [1.807, 2.05) is 6.92 Å². The first-order chi connectivity index (χ1) is 14.4. The van der Waals surface area contributed by atoms with Crippen molar-refractivity contribution in [2.45, 2.75) is 11.8 Å². The third-order valence-corrected chi connectivity index (χ3v) is 6.19. The van der Waals surface area contributed by atoms with Crippen LogP contribution >= 0.6 is 0 Å². The van der Waals surface area contributed by atoms with Gasteiger partial charge < -0.3 is 4.74 Å². The fourth-order valence-electron chi connectivity index (χ4n) is 2.77. The summed E-state index contributed by atoms with van der Waals surface area (Å²) in [5, 5.41) is 0. The van der Waals surface area contributed by atoms with Gasteiger partial charge >= 0.3 is 5.97 Å². The molecule has 0 unspecified atom stereocenters. The third-order valence-electron chi connectivity index (χ3n) is 4.39. The molecular formula is C23H21NO5S. The van der Waals surface area contributed by atoms with Crippen molar-refractivity contribution in [3.63, 3.8) is 0 Å². The topological polar surface area (TPSA) is 80.8 Å². The van der Waals surface area contributed by atoms with E-state index in [1.165, 1.54) is 24.3 Å². The lowest BCUT2D eigenvalue weighted by molar-refractivity contribution is 0.0476. The Bertz CT molecular complexity index is 1110. The second-order valence-electron chi connectivity index (χ2n) is 6.56. The highest BCUT2D eigenvalue weighted by Crippen LogP contribution is 2.19. The van der Waals surface area contributed by atoms with Crippen molar-refractivity contribution in [3.8, 4) is 0 Å². The molecule has 0 aliphatic rings. The highest BCUT2D eigenvalue weighted by Gasteiger charge is 2.30. The lowest BCUT2D eigenvalue weighted by Gasteiger charge is -2.22. The van der Waals surface area contributed by atoms with Gasteiger partial charge in [0, 0.05) is 5.56 Å². The molecule has 0 aliphatic heterocycles. The number of ether oxygens (including phenoxy) is 1. The molecule has 1 amide bonds. The molecule has 0 saturated carbocycles. The van der Waals surface area contributed by atoms with Crippen LogP contribution in [0.4, 0.5) is 0 Å². The van der Waals surface area contributed by atoms with Crippen molar-refractivity contribution in [3.05, 3.63) is 102 Å². The van der Waals surface area contributed by atoms with Crippen molar-refractivity contribution in [1.29, 1.82) is 0 Å². The molecule has 3 rings (SSSR count). The molecule has 0 N–H and O–H groups in total. The average molecular weight is 423 g/mol. The summed E-state index contributed by atoms with van der Waals surface area (Å²) < 4.78 is 32.3. The van der Waals surface area contributed by atoms with E-state index in [-0.39, 0.29) is 23.6 Å². The van der Waals surface area contributed by atoms with E-state index in [1.54, 1.807) is 60.7 Å². The van der Waals surface area contributed by atoms with E-state index in [0.29, 0.717) is 5.56 Å². The van der Waals surface area contributed by atoms with Crippen molar-refractivity contribution in [2.75, 3.05) is 13.2 Å². The lowest BCUT2D eigenvalue weighted by atomic mass is 10.2. The van der Waals surface area contributed by atoms with Crippen LogP contribution in [0.1, 0.15) is 26.3 Å². The molecule has 0 spiro atoms. The number of aryl methyl sites for hydroxylation is 1. The zero-order valence-electron chi connectivity index (χ0n) is 16.4. The van der Waals surface area contributed by atoms with Gasteiger partial charge in [-0.05, 0) is 43.3 Å². The van der Waals surface area contributed by atoms with Gasteiger partial charge in [0.2, 0.25) is 0 Å². The first-order valence-electron chi connectivity index (χ1n) is 9.30. The molecule has 0 radical (unpaired) electrons. The van der Waals surface area contributed by atoms with Crippen LogP contribution in [-0.4, -0.2) is 37.8 Å². The molecule has 0 heterocycles. The van der Waals surface area contributed by atoms with E-state index in [4.69, 9.17) is 4.74 Å². The van der Waals surface area contributed by atoms with Crippen LogP contribution in [0.5, 0.6) is 0 Å². The number of rotatable bonds is 7. The van der Waals surface area contributed by atoms with Crippen LogP contribution in [0.15, 0.2) is 89.8 Å². The van der Waals surface area contributed by atoms with E-state index in [0.717, 1.165) is 9.87 Å². The van der Waals surface area contributed by atoms with Gasteiger partial charge in [-0.15, -0.1) is 0 Å². The zero-order chi connectivity index (χ0) is 21.6. The summed E-state index contributed by atoms with van der Waals surface area (Å²) in [6, 6.07) is 22.7. The van der Waals surface area contributed by atoms with Gasteiger partial charge in [0.15, 0.2) is 0 Å². The molecule has 3 aromatic rings. The highest BCUT2D eigenvalue weighted by molar-refractivity contribution is 7.89. The summed E-state index contributed by atoms with van der Waals surface area (Å²) in [6.45, 7) is 1.27. The van der Waals surface area contributed by atoms with Gasteiger partial charge in [-0.25, -0.2) is 17.5 Å². The fourth-order valence-corrected chi connectivity index (χ4v) is 4.15. The highest BCUT2D eigenvalue weighted by atomic mass is 32.2. The number of hydrogen-bond acceptors (Lipinski definition) is 5. The molecule has 7 heteroatoms. The van der Waals surface area contributed by atoms with E-state index in [9.17, 15) is 18.0 Å². The summed E-state index contributed by atoms with van der Waals surface area (Å²) in [5.41, 5.74) is 1.47. The van der Waals surface area contributed by atoms with Gasteiger partial charge in [-0.1, -0.05) is 54.1 Å². The summed E-state index contributed by atoms with van der Waals surface area (Å²) in [7, 11) is -4.14. The molecule has 30 heavy (non-hydrogen) atoms. The Morgan fingerprint density at radius 2 is 1.33 bits per heavy atom.